The first-order valence-corrected chi connectivity index (χ1v) is 9.80. The molecule has 3 rings (SSSR count). The van der Waals surface area contributed by atoms with Crippen LogP contribution in [-0.4, -0.2) is 48.1 Å². The summed E-state index contributed by atoms with van der Waals surface area (Å²) in [7, 11) is -3.18. The summed E-state index contributed by atoms with van der Waals surface area (Å²) in [6.45, 7) is 0.840. The Hall–Kier alpha value is -2.33. The summed E-state index contributed by atoms with van der Waals surface area (Å²) in [6, 6.07) is 4.13. The van der Waals surface area contributed by atoms with Gasteiger partial charge in [-0.3, -0.25) is 0 Å². The van der Waals surface area contributed by atoms with Gasteiger partial charge >= 0.3 is 0 Å². The lowest BCUT2D eigenvalue weighted by molar-refractivity contribution is 0.331. The van der Waals surface area contributed by atoms with E-state index in [1.807, 2.05) is 6.07 Å². The molecule has 139 valence electrons. The molecule has 1 aliphatic rings. The Bertz CT molecular complexity index is 895. The predicted octanol–water partition coefficient (Wildman–Crippen LogP) is 1.64. The lowest BCUT2D eigenvalue weighted by atomic mass is 10.1. The normalized spacial score (nSPS) is 16.6. The summed E-state index contributed by atoms with van der Waals surface area (Å²) >= 11 is 0. The van der Waals surface area contributed by atoms with Crippen LogP contribution in [-0.2, 0) is 10.0 Å². The smallest absolute Gasteiger partial charge is 0.224 e. The molecule has 1 aromatic heterocycles. The van der Waals surface area contributed by atoms with Gasteiger partial charge in [-0.05, 0) is 30.5 Å². The third-order valence-corrected chi connectivity index (χ3v) is 5.49. The molecule has 0 bridgehead atoms. The summed E-state index contributed by atoms with van der Waals surface area (Å²) < 4.78 is 51.1. The Kier molecular flexibility index (Phi) is 5.05. The van der Waals surface area contributed by atoms with Gasteiger partial charge < -0.3 is 11.1 Å². The van der Waals surface area contributed by atoms with Crippen molar-refractivity contribution in [3.8, 4) is 11.1 Å². The number of benzene rings is 1. The predicted molar refractivity (Wildman–Crippen MR) is 93.7 cm³/mol. The minimum absolute atomic E-state index is 0.0134. The summed E-state index contributed by atoms with van der Waals surface area (Å²) in [5.74, 6) is -1.30. The minimum Gasteiger partial charge on any atom is -0.383 e. The molecule has 3 N–H and O–H groups in total. The topological polar surface area (TPSA) is 101 Å². The van der Waals surface area contributed by atoms with Crippen molar-refractivity contribution >= 4 is 21.8 Å². The molecule has 1 aromatic carbocycles. The van der Waals surface area contributed by atoms with Crippen LogP contribution in [0.5, 0.6) is 0 Å². The Balaban J connectivity index is 1.71. The molecule has 26 heavy (non-hydrogen) atoms. The highest BCUT2D eigenvalue weighted by molar-refractivity contribution is 7.88. The van der Waals surface area contributed by atoms with Gasteiger partial charge in [0.2, 0.25) is 16.0 Å². The third-order valence-electron chi connectivity index (χ3n) is 4.19. The second kappa shape index (κ2) is 7.12. The molecule has 0 atom stereocenters. The van der Waals surface area contributed by atoms with Crippen molar-refractivity contribution in [3.63, 3.8) is 0 Å². The van der Waals surface area contributed by atoms with Crippen molar-refractivity contribution in [1.29, 1.82) is 0 Å². The Labute approximate surface area is 150 Å². The number of anilines is 2. The fourth-order valence-electron chi connectivity index (χ4n) is 2.86. The first kappa shape index (κ1) is 18.5. The maximum atomic E-state index is 13.3. The number of hydrogen-bond donors (Lipinski definition) is 2. The molecule has 0 amide bonds. The van der Waals surface area contributed by atoms with E-state index in [0.29, 0.717) is 31.5 Å². The van der Waals surface area contributed by atoms with Crippen molar-refractivity contribution < 1.29 is 17.2 Å². The van der Waals surface area contributed by atoms with E-state index in [1.165, 1.54) is 16.8 Å². The van der Waals surface area contributed by atoms with Crippen molar-refractivity contribution in [2.45, 2.75) is 18.9 Å². The summed E-state index contributed by atoms with van der Waals surface area (Å²) in [5.41, 5.74) is 6.44. The van der Waals surface area contributed by atoms with E-state index in [9.17, 15) is 17.2 Å². The van der Waals surface area contributed by atoms with Crippen LogP contribution in [0.15, 0.2) is 18.3 Å². The molecule has 0 saturated carbocycles. The van der Waals surface area contributed by atoms with Gasteiger partial charge in [-0.1, -0.05) is 0 Å². The number of nitrogens with zero attached hydrogens (tertiary/aromatic N) is 3. The van der Waals surface area contributed by atoms with Crippen LogP contribution in [0.25, 0.3) is 11.1 Å². The Morgan fingerprint density at radius 1 is 1.27 bits per heavy atom. The quantitative estimate of drug-likeness (QED) is 0.834. The molecule has 2 aromatic rings. The van der Waals surface area contributed by atoms with Gasteiger partial charge in [0.05, 0.1) is 12.3 Å². The van der Waals surface area contributed by atoms with Crippen LogP contribution in [0.2, 0.25) is 0 Å². The Morgan fingerprint density at radius 3 is 2.42 bits per heavy atom. The number of nitrogens with two attached hydrogens (primary N) is 1. The number of rotatable bonds is 4. The highest BCUT2D eigenvalue weighted by atomic mass is 32.2. The van der Waals surface area contributed by atoms with E-state index in [0.717, 1.165) is 12.1 Å². The first-order valence-electron chi connectivity index (χ1n) is 7.95. The molecule has 1 aliphatic heterocycles. The van der Waals surface area contributed by atoms with E-state index >= 15 is 0 Å². The molecule has 1 saturated heterocycles. The maximum absolute atomic E-state index is 13.3. The first-order chi connectivity index (χ1) is 12.2. The van der Waals surface area contributed by atoms with E-state index < -0.39 is 21.7 Å². The highest BCUT2D eigenvalue weighted by Crippen LogP contribution is 2.26. The molecule has 0 unspecified atom stereocenters. The number of sulfonamides is 1. The molecule has 1 fully saturated rings. The standard InChI is InChI=1S/C16H18F2N5O2S/c1-26(24,25)23-4-2-13(3-5-23)21-16-20-9-14(15(19)22-16)10-6-11(17)8-12(18)7-10/h6-7,9,13H,2-5H2,1H3,(H3,19,20,21,22). The van der Waals surface area contributed by atoms with E-state index in [2.05, 4.69) is 15.3 Å². The van der Waals surface area contributed by atoms with Crippen LogP contribution in [0.3, 0.4) is 0 Å². The fraction of sp³-hybridized carbons (Fsp3) is 0.375. The zero-order valence-corrected chi connectivity index (χ0v) is 14.9. The molecular weight excluding hydrogens is 364 g/mol. The third kappa shape index (κ3) is 4.25. The monoisotopic (exact) mass is 382 g/mol. The van der Waals surface area contributed by atoms with E-state index in [1.54, 1.807) is 0 Å². The minimum atomic E-state index is -3.18. The molecule has 10 heteroatoms. The largest absolute Gasteiger partial charge is 0.383 e. The van der Waals surface area contributed by atoms with Crippen LogP contribution in [0.4, 0.5) is 20.5 Å². The summed E-state index contributed by atoms with van der Waals surface area (Å²) in [5, 5.41) is 3.12. The molecule has 0 spiro atoms. The second-order valence-electron chi connectivity index (χ2n) is 6.14. The van der Waals surface area contributed by atoms with Gasteiger partial charge in [0.15, 0.2) is 0 Å². The lowest BCUT2D eigenvalue weighted by Gasteiger charge is -2.30. The zero-order valence-electron chi connectivity index (χ0n) is 14.0. The average molecular weight is 382 g/mol. The second-order valence-corrected chi connectivity index (χ2v) is 8.12. The number of nitrogen functional groups attached to an aromatic ring is 1. The van der Waals surface area contributed by atoms with Crippen LogP contribution >= 0.6 is 0 Å². The maximum Gasteiger partial charge on any atom is 0.224 e. The molecule has 0 aliphatic carbocycles. The van der Waals surface area contributed by atoms with Gasteiger partial charge in [-0.25, -0.2) is 26.5 Å². The van der Waals surface area contributed by atoms with Gasteiger partial charge in [0, 0.05) is 30.9 Å². The molecule has 2 heterocycles. The number of aromatic nitrogens is 2. The SMILES string of the molecule is CS(=O)(=O)N1CCC(Nc2ncc(-c3cc(F)[c]c(F)c3)c(N)n2)CC1. The zero-order chi connectivity index (χ0) is 18.9. The molecule has 7 nitrogen and oxygen atoms in total. The number of hydrogen-bond acceptors (Lipinski definition) is 6. The molecule has 1 radical (unpaired) electrons. The summed E-state index contributed by atoms with van der Waals surface area (Å²) in [4.78, 5) is 8.29. The van der Waals surface area contributed by atoms with Crippen LogP contribution in [0, 0.1) is 17.7 Å². The van der Waals surface area contributed by atoms with Crippen LogP contribution in [0.1, 0.15) is 12.8 Å². The number of nitrogens with one attached hydrogen (secondary N) is 1. The lowest BCUT2D eigenvalue weighted by Crippen LogP contribution is -2.42. The highest BCUT2D eigenvalue weighted by Gasteiger charge is 2.25. The van der Waals surface area contributed by atoms with Crippen molar-refractivity contribution in [2.24, 2.45) is 0 Å². The van der Waals surface area contributed by atoms with Crippen molar-refractivity contribution in [2.75, 3.05) is 30.4 Å². The number of halogens is 2. The van der Waals surface area contributed by atoms with E-state index in [4.69, 9.17) is 5.73 Å². The van der Waals surface area contributed by atoms with Gasteiger partial charge in [0.25, 0.3) is 0 Å². The number of piperidine rings is 1. The van der Waals surface area contributed by atoms with E-state index in [-0.39, 0.29) is 23.4 Å². The fourth-order valence-corrected chi connectivity index (χ4v) is 3.73. The Morgan fingerprint density at radius 2 is 1.88 bits per heavy atom. The average Bonchev–Trinajstić information content (AvgIpc) is 2.53. The summed E-state index contributed by atoms with van der Waals surface area (Å²) in [6.07, 6.45) is 3.81. The van der Waals surface area contributed by atoms with Gasteiger partial charge in [-0.15, -0.1) is 0 Å². The van der Waals surface area contributed by atoms with Gasteiger partial charge in [-0.2, -0.15) is 4.98 Å². The molecular formula is C16H18F2N5O2S. The van der Waals surface area contributed by atoms with Crippen molar-refractivity contribution in [1.82, 2.24) is 14.3 Å². The van der Waals surface area contributed by atoms with Crippen LogP contribution < -0.4 is 11.1 Å². The van der Waals surface area contributed by atoms with Crippen molar-refractivity contribution in [3.05, 3.63) is 36.0 Å². The van der Waals surface area contributed by atoms with Gasteiger partial charge in [0.1, 0.15) is 17.5 Å².